The lowest BCUT2D eigenvalue weighted by Gasteiger charge is -2.15. The van der Waals surface area contributed by atoms with Crippen LogP contribution < -0.4 is 19.5 Å². The van der Waals surface area contributed by atoms with Gasteiger partial charge in [0.2, 0.25) is 11.8 Å². The third kappa shape index (κ3) is 5.24. The van der Waals surface area contributed by atoms with E-state index in [1.807, 2.05) is 48.5 Å². The topological polar surface area (TPSA) is 103 Å². The van der Waals surface area contributed by atoms with Crippen LogP contribution in [-0.2, 0) is 6.54 Å². The molecule has 0 radical (unpaired) electrons. The van der Waals surface area contributed by atoms with Crippen LogP contribution in [0.1, 0.15) is 15.9 Å². The predicted octanol–water partition coefficient (Wildman–Crippen LogP) is 5.26. The lowest BCUT2D eigenvalue weighted by Crippen LogP contribution is -2.04. The number of rotatable bonds is 9. The van der Waals surface area contributed by atoms with Gasteiger partial charge in [0.1, 0.15) is 5.75 Å². The molecular formula is C26H23N3O5. The molecule has 0 aliphatic carbocycles. The molecule has 0 amide bonds. The average molecular weight is 457 g/mol. The van der Waals surface area contributed by atoms with Crippen molar-refractivity contribution in [2.24, 2.45) is 0 Å². The van der Waals surface area contributed by atoms with Crippen LogP contribution in [-0.4, -0.2) is 35.3 Å². The highest BCUT2D eigenvalue weighted by atomic mass is 16.5. The number of carbonyl (C=O) groups is 1. The Bertz CT molecular complexity index is 1270. The Hall–Kier alpha value is -4.59. The third-order valence-electron chi connectivity index (χ3n) is 5.09. The fourth-order valence-electron chi connectivity index (χ4n) is 3.36. The number of carboxylic acids is 1. The second kappa shape index (κ2) is 10.4. The Kier molecular flexibility index (Phi) is 6.88. The van der Waals surface area contributed by atoms with Crippen molar-refractivity contribution in [3.05, 3.63) is 90.0 Å². The second-order valence-corrected chi connectivity index (χ2v) is 7.23. The molecule has 172 valence electrons. The molecule has 34 heavy (non-hydrogen) atoms. The molecule has 0 saturated carbocycles. The Balaban J connectivity index is 1.55. The second-order valence-electron chi connectivity index (χ2n) is 7.23. The zero-order chi connectivity index (χ0) is 23.9. The molecule has 4 aromatic rings. The Morgan fingerprint density at radius 2 is 1.53 bits per heavy atom. The largest absolute Gasteiger partial charge is 0.481 e. The van der Waals surface area contributed by atoms with Gasteiger partial charge in [0.05, 0.1) is 25.8 Å². The zero-order valence-corrected chi connectivity index (χ0v) is 18.7. The predicted molar refractivity (Wildman–Crippen MR) is 128 cm³/mol. The number of anilines is 1. The van der Waals surface area contributed by atoms with E-state index in [1.54, 1.807) is 30.3 Å². The zero-order valence-electron chi connectivity index (χ0n) is 18.7. The smallest absolute Gasteiger partial charge is 0.335 e. The number of hydrogen-bond acceptors (Lipinski definition) is 7. The molecule has 0 bridgehead atoms. The van der Waals surface area contributed by atoms with Gasteiger partial charge in [0.25, 0.3) is 0 Å². The highest BCUT2D eigenvalue weighted by Gasteiger charge is 2.12. The summed E-state index contributed by atoms with van der Waals surface area (Å²) in [6, 6.07) is 23.9. The van der Waals surface area contributed by atoms with Gasteiger partial charge in [-0.05, 0) is 29.8 Å². The van der Waals surface area contributed by atoms with Gasteiger partial charge in [-0.2, -0.15) is 9.97 Å². The molecule has 8 heteroatoms. The van der Waals surface area contributed by atoms with Gasteiger partial charge < -0.3 is 24.6 Å². The van der Waals surface area contributed by atoms with Gasteiger partial charge in [-0.1, -0.05) is 48.5 Å². The number of aromatic carboxylic acids is 1. The van der Waals surface area contributed by atoms with Crippen molar-refractivity contribution < 1.29 is 24.1 Å². The molecule has 3 aromatic carbocycles. The fraction of sp³-hybridized carbons (Fsp3) is 0.115. The first-order valence-corrected chi connectivity index (χ1v) is 10.5. The lowest BCUT2D eigenvalue weighted by atomic mass is 10.0. The SMILES string of the molecule is COc1cc(OC)nc(Oc2ccccc2CNc2ccccc2-c2ccc(C(=O)O)cc2)n1. The number of methoxy groups -OCH3 is 2. The minimum Gasteiger partial charge on any atom is -0.481 e. The monoisotopic (exact) mass is 457 g/mol. The minimum atomic E-state index is -0.952. The lowest BCUT2D eigenvalue weighted by molar-refractivity contribution is 0.0697. The highest BCUT2D eigenvalue weighted by Crippen LogP contribution is 2.30. The number of nitrogens with zero attached hydrogens (tertiary/aromatic N) is 2. The van der Waals surface area contributed by atoms with Crippen molar-refractivity contribution >= 4 is 11.7 Å². The van der Waals surface area contributed by atoms with E-state index in [-0.39, 0.29) is 11.6 Å². The van der Waals surface area contributed by atoms with Gasteiger partial charge >= 0.3 is 12.0 Å². The van der Waals surface area contributed by atoms with Crippen LogP contribution in [0, 0.1) is 0 Å². The fourth-order valence-corrected chi connectivity index (χ4v) is 3.36. The number of aromatic nitrogens is 2. The van der Waals surface area contributed by atoms with E-state index in [0.717, 1.165) is 22.4 Å². The van der Waals surface area contributed by atoms with E-state index >= 15 is 0 Å². The molecular weight excluding hydrogens is 434 g/mol. The molecule has 0 aliphatic rings. The Morgan fingerprint density at radius 1 is 0.882 bits per heavy atom. The van der Waals surface area contributed by atoms with Crippen LogP contribution in [0.2, 0.25) is 0 Å². The third-order valence-corrected chi connectivity index (χ3v) is 5.09. The van der Waals surface area contributed by atoms with Crippen LogP contribution >= 0.6 is 0 Å². The maximum atomic E-state index is 11.2. The van der Waals surface area contributed by atoms with Crippen LogP contribution in [0.15, 0.2) is 78.9 Å². The molecule has 0 fully saturated rings. The van der Waals surface area contributed by atoms with Crippen molar-refractivity contribution in [1.82, 2.24) is 9.97 Å². The summed E-state index contributed by atoms with van der Waals surface area (Å²) in [5.41, 5.74) is 3.91. The van der Waals surface area contributed by atoms with Gasteiger partial charge in [-0.15, -0.1) is 0 Å². The van der Waals surface area contributed by atoms with Crippen molar-refractivity contribution in [2.75, 3.05) is 19.5 Å². The molecule has 1 heterocycles. The summed E-state index contributed by atoms with van der Waals surface area (Å²) in [4.78, 5) is 19.6. The molecule has 4 rings (SSSR count). The summed E-state index contributed by atoms with van der Waals surface area (Å²) in [6.45, 7) is 0.474. The number of carboxylic acid groups (broad SMARTS) is 1. The molecule has 0 saturated heterocycles. The normalized spacial score (nSPS) is 10.4. The van der Waals surface area contributed by atoms with E-state index in [2.05, 4.69) is 15.3 Å². The number of ether oxygens (including phenoxy) is 3. The van der Waals surface area contributed by atoms with Gasteiger partial charge in [0, 0.05) is 23.4 Å². The van der Waals surface area contributed by atoms with E-state index in [9.17, 15) is 4.79 Å². The van der Waals surface area contributed by atoms with Crippen molar-refractivity contribution in [2.45, 2.75) is 6.54 Å². The number of nitrogens with one attached hydrogen (secondary N) is 1. The number of para-hydroxylation sites is 2. The van der Waals surface area contributed by atoms with Gasteiger partial charge in [-0.25, -0.2) is 4.79 Å². The van der Waals surface area contributed by atoms with Crippen LogP contribution in [0.4, 0.5) is 5.69 Å². The Morgan fingerprint density at radius 3 is 2.21 bits per heavy atom. The molecule has 1 aromatic heterocycles. The maximum absolute atomic E-state index is 11.2. The molecule has 0 unspecified atom stereocenters. The molecule has 0 aliphatic heterocycles. The van der Waals surface area contributed by atoms with Gasteiger partial charge in [-0.3, -0.25) is 0 Å². The number of hydrogen-bond donors (Lipinski definition) is 2. The molecule has 0 spiro atoms. The molecule has 2 N–H and O–H groups in total. The van der Waals surface area contributed by atoms with E-state index in [4.69, 9.17) is 19.3 Å². The summed E-state index contributed by atoms with van der Waals surface area (Å²) in [7, 11) is 3.02. The van der Waals surface area contributed by atoms with Crippen molar-refractivity contribution in [3.8, 4) is 34.6 Å². The van der Waals surface area contributed by atoms with Crippen LogP contribution in [0.25, 0.3) is 11.1 Å². The summed E-state index contributed by atoms with van der Waals surface area (Å²) in [6.07, 6.45) is 0. The average Bonchev–Trinajstić information content (AvgIpc) is 2.88. The number of benzene rings is 3. The standard InChI is InChI=1S/C26H23N3O5/c1-32-23-15-24(33-2)29-26(28-23)34-22-10-6-3-7-19(22)16-27-21-9-5-4-8-20(21)17-11-13-18(14-12-17)25(30)31/h3-15,27H,16H2,1-2H3,(H,30,31). The summed E-state index contributed by atoms with van der Waals surface area (Å²) < 4.78 is 16.3. The quantitative estimate of drug-likeness (QED) is 0.351. The first kappa shape index (κ1) is 22.6. The van der Waals surface area contributed by atoms with E-state index < -0.39 is 5.97 Å². The van der Waals surface area contributed by atoms with Crippen molar-refractivity contribution in [1.29, 1.82) is 0 Å². The molecule has 8 nitrogen and oxygen atoms in total. The van der Waals surface area contributed by atoms with E-state index in [1.165, 1.54) is 14.2 Å². The first-order chi connectivity index (χ1) is 16.6. The summed E-state index contributed by atoms with van der Waals surface area (Å²) >= 11 is 0. The Labute approximate surface area is 196 Å². The highest BCUT2D eigenvalue weighted by molar-refractivity contribution is 5.89. The first-order valence-electron chi connectivity index (χ1n) is 10.5. The summed E-state index contributed by atoms with van der Waals surface area (Å²) in [5.74, 6) is 0.307. The maximum Gasteiger partial charge on any atom is 0.335 e. The van der Waals surface area contributed by atoms with E-state index in [0.29, 0.717) is 24.1 Å². The summed E-state index contributed by atoms with van der Waals surface area (Å²) in [5, 5.41) is 12.6. The van der Waals surface area contributed by atoms with Crippen LogP contribution in [0.3, 0.4) is 0 Å². The van der Waals surface area contributed by atoms with Crippen LogP contribution in [0.5, 0.6) is 23.5 Å². The molecule has 0 atom stereocenters. The van der Waals surface area contributed by atoms with Gasteiger partial charge in [0.15, 0.2) is 0 Å². The minimum absolute atomic E-state index is 0.113. The van der Waals surface area contributed by atoms with Crippen molar-refractivity contribution in [3.63, 3.8) is 0 Å².